The number of hydrogen-bond acceptors (Lipinski definition) is 4. The molecule has 0 aliphatic carbocycles. The van der Waals surface area contributed by atoms with Gasteiger partial charge in [0.15, 0.2) is 0 Å². The molecule has 0 radical (unpaired) electrons. The van der Waals surface area contributed by atoms with Crippen molar-refractivity contribution in [3.63, 3.8) is 0 Å². The third kappa shape index (κ3) is 3.35. The molecule has 1 aliphatic heterocycles. The normalized spacial score (nSPS) is 15.5. The Hall–Kier alpha value is -3.40. The fourth-order valence-electron chi connectivity index (χ4n) is 3.00. The van der Waals surface area contributed by atoms with Crippen molar-refractivity contribution in [1.82, 2.24) is 10.3 Å². The fourth-order valence-corrected chi connectivity index (χ4v) is 3.00. The Labute approximate surface area is 153 Å². The fraction of sp³-hybridized carbons (Fsp3) is 0.0909. The van der Waals surface area contributed by atoms with Crippen LogP contribution in [0.5, 0.6) is 0 Å². The van der Waals surface area contributed by atoms with Crippen molar-refractivity contribution in [3.05, 3.63) is 90.9 Å². The van der Waals surface area contributed by atoms with E-state index in [2.05, 4.69) is 75.8 Å². The monoisotopic (exact) mass is 340 g/mol. The molecule has 1 atom stereocenters. The van der Waals surface area contributed by atoms with Gasteiger partial charge in [0, 0.05) is 37.0 Å². The van der Waals surface area contributed by atoms with Crippen molar-refractivity contribution in [2.75, 3.05) is 11.9 Å². The van der Waals surface area contributed by atoms with Crippen LogP contribution in [0.1, 0.15) is 11.7 Å². The Kier molecular flexibility index (Phi) is 4.48. The van der Waals surface area contributed by atoms with Crippen LogP contribution >= 0.6 is 0 Å². The molecule has 128 valence electrons. The second-order valence-electron chi connectivity index (χ2n) is 6.16. The highest BCUT2D eigenvalue weighted by atomic mass is 15.1. The van der Waals surface area contributed by atoms with Crippen LogP contribution in [0.3, 0.4) is 0 Å². The van der Waals surface area contributed by atoms with Gasteiger partial charge in [0.1, 0.15) is 6.17 Å². The van der Waals surface area contributed by atoms with Crippen LogP contribution in [-0.4, -0.2) is 18.2 Å². The molecule has 0 fully saturated rings. The van der Waals surface area contributed by atoms with Gasteiger partial charge in [-0.2, -0.15) is 0 Å². The SMILES string of the molecule is CN(c1ccc(-c2ccncc2)cc1)c1ccc(C2N=CC=CN2)cc1. The molecule has 1 N–H and O–H groups in total. The highest BCUT2D eigenvalue weighted by molar-refractivity contribution is 5.72. The molecule has 3 aromatic rings. The minimum Gasteiger partial charge on any atom is -0.366 e. The van der Waals surface area contributed by atoms with Crippen LogP contribution in [0.2, 0.25) is 0 Å². The van der Waals surface area contributed by atoms with E-state index in [4.69, 9.17) is 0 Å². The van der Waals surface area contributed by atoms with Crippen LogP contribution in [0.4, 0.5) is 11.4 Å². The van der Waals surface area contributed by atoms with Gasteiger partial charge in [0.2, 0.25) is 0 Å². The number of nitrogens with one attached hydrogen (secondary N) is 1. The third-order valence-corrected chi connectivity index (χ3v) is 4.54. The highest BCUT2D eigenvalue weighted by Gasteiger charge is 2.10. The first-order valence-corrected chi connectivity index (χ1v) is 8.60. The molecule has 0 saturated heterocycles. The summed E-state index contributed by atoms with van der Waals surface area (Å²) >= 11 is 0. The number of benzene rings is 2. The summed E-state index contributed by atoms with van der Waals surface area (Å²) in [6, 6.07) is 21.1. The van der Waals surface area contributed by atoms with Gasteiger partial charge in [0.25, 0.3) is 0 Å². The summed E-state index contributed by atoms with van der Waals surface area (Å²) in [6.07, 6.45) is 9.27. The first kappa shape index (κ1) is 16.1. The molecular formula is C22H20N4. The van der Waals surface area contributed by atoms with Crippen LogP contribution < -0.4 is 10.2 Å². The molecule has 4 heteroatoms. The Morgan fingerprint density at radius 3 is 2.04 bits per heavy atom. The summed E-state index contributed by atoms with van der Waals surface area (Å²) < 4.78 is 0. The number of pyridine rings is 1. The maximum Gasteiger partial charge on any atom is 0.144 e. The van der Waals surface area contributed by atoms with Gasteiger partial charge in [0.05, 0.1) is 0 Å². The number of aliphatic imine (C=N–C) groups is 1. The molecule has 2 aromatic carbocycles. The Morgan fingerprint density at radius 1 is 0.808 bits per heavy atom. The Balaban J connectivity index is 1.51. The van der Waals surface area contributed by atoms with Crippen molar-refractivity contribution < 1.29 is 0 Å². The molecule has 1 aromatic heterocycles. The zero-order valence-corrected chi connectivity index (χ0v) is 14.6. The number of rotatable bonds is 4. The van der Waals surface area contributed by atoms with Gasteiger partial charge in [-0.3, -0.25) is 9.98 Å². The standard InChI is InChI=1S/C22H20N4/c1-26(20-7-3-17(4-8-20)18-11-15-23-16-12-18)21-9-5-19(6-10-21)22-24-13-2-14-25-22/h2-16,22,24H,1H3. The summed E-state index contributed by atoms with van der Waals surface area (Å²) in [6.45, 7) is 0. The molecular weight excluding hydrogens is 320 g/mol. The van der Waals surface area contributed by atoms with Crippen molar-refractivity contribution in [1.29, 1.82) is 0 Å². The van der Waals surface area contributed by atoms with E-state index in [0.717, 1.165) is 16.9 Å². The molecule has 1 aliphatic rings. The van der Waals surface area contributed by atoms with E-state index in [0.29, 0.717) is 0 Å². The summed E-state index contributed by atoms with van der Waals surface area (Å²) in [5.41, 5.74) is 5.80. The number of hydrogen-bond donors (Lipinski definition) is 1. The first-order valence-electron chi connectivity index (χ1n) is 8.60. The van der Waals surface area contributed by atoms with Gasteiger partial charge < -0.3 is 10.2 Å². The van der Waals surface area contributed by atoms with Gasteiger partial charge in [-0.25, -0.2) is 0 Å². The molecule has 1 unspecified atom stereocenters. The van der Waals surface area contributed by atoms with E-state index >= 15 is 0 Å². The van der Waals surface area contributed by atoms with E-state index in [1.165, 1.54) is 11.1 Å². The number of allylic oxidation sites excluding steroid dienone is 1. The molecule has 26 heavy (non-hydrogen) atoms. The van der Waals surface area contributed by atoms with E-state index in [1.807, 2.05) is 43.0 Å². The summed E-state index contributed by atoms with van der Waals surface area (Å²) in [7, 11) is 2.08. The van der Waals surface area contributed by atoms with Crippen LogP contribution in [-0.2, 0) is 0 Å². The maximum atomic E-state index is 4.43. The zero-order valence-electron chi connectivity index (χ0n) is 14.6. The quantitative estimate of drug-likeness (QED) is 0.748. The Morgan fingerprint density at radius 2 is 1.42 bits per heavy atom. The minimum absolute atomic E-state index is 0.000924. The molecule has 4 nitrogen and oxygen atoms in total. The number of anilines is 2. The predicted octanol–water partition coefficient (Wildman–Crippen LogP) is 4.70. The van der Waals surface area contributed by atoms with Crippen molar-refractivity contribution in [2.45, 2.75) is 6.17 Å². The second-order valence-corrected chi connectivity index (χ2v) is 6.16. The van der Waals surface area contributed by atoms with Gasteiger partial charge in [-0.15, -0.1) is 0 Å². The highest BCUT2D eigenvalue weighted by Crippen LogP contribution is 2.28. The minimum atomic E-state index is -0.000924. The van der Waals surface area contributed by atoms with Crippen LogP contribution in [0.25, 0.3) is 11.1 Å². The molecule has 0 bridgehead atoms. The Bertz CT molecular complexity index is 913. The molecule has 4 rings (SSSR count). The van der Waals surface area contributed by atoms with E-state index in [1.54, 1.807) is 0 Å². The van der Waals surface area contributed by atoms with Crippen molar-refractivity contribution in [2.24, 2.45) is 4.99 Å². The lowest BCUT2D eigenvalue weighted by Crippen LogP contribution is -2.16. The van der Waals surface area contributed by atoms with E-state index < -0.39 is 0 Å². The summed E-state index contributed by atoms with van der Waals surface area (Å²) in [4.78, 5) is 10.7. The predicted molar refractivity (Wildman–Crippen MR) is 108 cm³/mol. The van der Waals surface area contributed by atoms with Gasteiger partial charge in [-0.05, 0) is 65.4 Å². The molecule has 0 spiro atoms. The van der Waals surface area contributed by atoms with Gasteiger partial charge in [-0.1, -0.05) is 24.3 Å². The van der Waals surface area contributed by atoms with E-state index in [9.17, 15) is 0 Å². The lowest BCUT2D eigenvalue weighted by Gasteiger charge is -2.21. The van der Waals surface area contributed by atoms with Crippen LogP contribution in [0, 0.1) is 0 Å². The summed E-state index contributed by atoms with van der Waals surface area (Å²) in [5, 5.41) is 3.24. The lowest BCUT2D eigenvalue weighted by atomic mass is 10.1. The van der Waals surface area contributed by atoms with Crippen molar-refractivity contribution >= 4 is 17.6 Å². The van der Waals surface area contributed by atoms with E-state index in [-0.39, 0.29) is 6.17 Å². The smallest absolute Gasteiger partial charge is 0.144 e. The average Bonchev–Trinajstić information content (AvgIpc) is 2.75. The first-order chi connectivity index (χ1) is 12.8. The average molecular weight is 340 g/mol. The largest absolute Gasteiger partial charge is 0.366 e. The second kappa shape index (κ2) is 7.23. The van der Waals surface area contributed by atoms with Crippen molar-refractivity contribution in [3.8, 4) is 11.1 Å². The molecule has 2 heterocycles. The zero-order chi connectivity index (χ0) is 17.8. The van der Waals surface area contributed by atoms with Gasteiger partial charge >= 0.3 is 0 Å². The molecule has 0 saturated carbocycles. The number of nitrogens with zero attached hydrogens (tertiary/aromatic N) is 3. The lowest BCUT2D eigenvalue weighted by molar-refractivity contribution is 0.653. The molecule has 0 amide bonds. The third-order valence-electron chi connectivity index (χ3n) is 4.54. The summed E-state index contributed by atoms with van der Waals surface area (Å²) in [5.74, 6) is 0. The van der Waals surface area contributed by atoms with Crippen LogP contribution in [0.15, 0.2) is 90.3 Å². The maximum absolute atomic E-state index is 4.43. The topological polar surface area (TPSA) is 40.5 Å². The number of aromatic nitrogens is 1.